The number of carbonyl (C=O) groups is 2. The highest BCUT2D eigenvalue weighted by Gasteiger charge is 2.45. The molecule has 4 aromatic carbocycles. The first-order valence-electron chi connectivity index (χ1n) is 12.3. The third kappa shape index (κ3) is 4.12. The minimum atomic E-state index is -0.823. The second kappa shape index (κ2) is 9.41. The molecule has 0 saturated heterocycles. The zero-order valence-corrected chi connectivity index (χ0v) is 20.6. The summed E-state index contributed by atoms with van der Waals surface area (Å²) in [5, 5.41) is 15.2. The number of amides is 1. The molecule has 6 rings (SSSR count). The molecule has 0 fully saturated rings. The summed E-state index contributed by atoms with van der Waals surface area (Å²) in [6, 6.07) is 32.8. The maximum Gasteiger partial charge on any atom is 0.294 e. The molecule has 1 aromatic heterocycles. The summed E-state index contributed by atoms with van der Waals surface area (Å²) in [5.41, 5.74) is 4.58. The Kier molecular flexibility index (Phi) is 5.77. The van der Waals surface area contributed by atoms with Crippen LogP contribution < -0.4 is 10.2 Å². The summed E-state index contributed by atoms with van der Waals surface area (Å²) in [7, 11) is 0. The number of Topliss-reactive ketones (excluding diaryl/α,β-unsaturated/α-hetero) is 1. The Labute approximate surface area is 219 Å². The zero-order valence-electron chi connectivity index (χ0n) is 20.6. The number of rotatable bonds is 6. The largest absolute Gasteiger partial charge is 0.503 e. The molecule has 1 unspecified atom stereocenters. The van der Waals surface area contributed by atoms with Crippen molar-refractivity contribution in [1.29, 1.82) is 0 Å². The van der Waals surface area contributed by atoms with Crippen molar-refractivity contribution in [2.24, 2.45) is 0 Å². The number of anilines is 3. The topological polar surface area (TPSA) is 82.8 Å². The first-order chi connectivity index (χ1) is 18.5. The van der Waals surface area contributed by atoms with Crippen LogP contribution >= 0.6 is 0 Å². The summed E-state index contributed by atoms with van der Waals surface area (Å²) < 4.78 is 5.81. The van der Waals surface area contributed by atoms with Gasteiger partial charge in [-0.25, -0.2) is 0 Å². The van der Waals surface area contributed by atoms with Crippen LogP contribution in [0.5, 0.6) is 0 Å². The van der Waals surface area contributed by atoms with Crippen LogP contribution in [0.15, 0.2) is 125 Å². The summed E-state index contributed by atoms with van der Waals surface area (Å²) in [4.78, 5) is 28.7. The van der Waals surface area contributed by atoms with E-state index in [0.29, 0.717) is 16.8 Å². The van der Waals surface area contributed by atoms with Crippen molar-refractivity contribution in [2.45, 2.75) is 13.0 Å². The van der Waals surface area contributed by atoms with Crippen LogP contribution in [-0.2, 0) is 4.79 Å². The summed E-state index contributed by atoms with van der Waals surface area (Å²) in [6.07, 6.45) is 0. The van der Waals surface area contributed by atoms with Gasteiger partial charge in [0.15, 0.2) is 11.5 Å². The van der Waals surface area contributed by atoms with Crippen LogP contribution in [-0.4, -0.2) is 16.8 Å². The van der Waals surface area contributed by atoms with E-state index in [2.05, 4.69) is 5.32 Å². The Hall–Kier alpha value is -5.10. The van der Waals surface area contributed by atoms with Crippen molar-refractivity contribution in [3.63, 3.8) is 0 Å². The Morgan fingerprint density at radius 1 is 0.842 bits per heavy atom. The van der Waals surface area contributed by atoms with E-state index in [4.69, 9.17) is 4.42 Å². The van der Waals surface area contributed by atoms with E-state index in [0.717, 1.165) is 22.3 Å². The number of hydrogen-bond acceptors (Lipinski definition) is 5. The molecule has 1 aliphatic rings. The van der Waals surface area contributed by atoms with Crippen molar-refractivity contribution >= 4 is 39.7 Å². The fourth-order valence-electron chi connectivity index (χ4n) is 4.88. The molecule has 38 heavy (non-hydrogen) atoms. The highest BCUT2D eigenvalue weighted by atomic mass is 16.3. The molecule has 1 aliphatic heterocycles. The van der Waals surface area contributed by atoms with Crippen molar-refractivity contribution in [3.05, 3.63) is 137 Å². The number of ketones is 1. The molecule has 1 atom stereocenters. The molecule has 0 spiro atoms. The molecule has 186 valence electrons. The standard InChI is InChI=1S/C32H24N2O4/c1-20-8-7-10-22(18-20)29-28(30(35)27-19-21-9-5-6-13-26(21)38-27)31(36)32(37)34(29)25-16-14-24(15-17-25)33-23-11-3-2-4-12-23/h2-19,29,33,36H,1H3. The van der Waals surface area contributed by atoms with Crippen molar-refractivity contribution in [1.82, 2.24) is 0 Å². The third-order valence-corrected chi connectivity index (χ3v) is 6.67. The summed E-state index contributed by atoms with van der Waals surface area (Å²) in [5.74, 6) is -1.67. The summed E-state index contributed by atoms with van der Waals surface area (Å²) in [6.45, 7) is 1.94. The summed E-state index contributed by atoms with van der Waals surface area (Å²) >= 11 is 0. The number of aliphatic hydroxyl groups excluding tert-OH is 1. The van der Waals surface area contributed by atoms with Gasteiger partial charge in [0.05, 0.1) is 11.6 Å². The lowest BCUT2D eigenvalue weighted by Gasteiger charge is -2.27. The van der Waals surface area contributed by atoms with Gasteiger partial charge in [-0.05, 0) is 61.0 Å². The molecule has 0 radical (unpaired) electrons. The van der Waals surface area contributed by atoms with Crippen LogP contribution in [0.25, 0.3) is 11.0 Å². The average molecular weight is 501 g/mol. The fourth-order valence-corrected chi connectivity index (χ4v) is 4.88. The van der Waals surface area contributed by atoms with Gasteiger partial charge in [-0.2, -0.15) is 0 Å². The molecule has 5 aromatic rings. The second-order valence-corrected chi connectivity index (χ2v) is 9.27. The molecule has 1 amide bonds. The Morgan fingerprint density at radius 3 is 2.29 bits per heavy atom. The first kappa shape index (κ1) is 23.3. The predicted octanol–water partition coefficient (Wildman–Crippen LogP) is 7.27. The van der Waals surface area contributed by atoms with Crippen LogP contribution in [0.4, 0.5) is 17.1 Å². The van der Waals surface area contributed by atoms with E-state index in [1.54, 1.807) is 24.3 Å². The number of fused-ring (bicyclic) bond motifs is 1. The fraction of sp³-hybridized carbons (Fsp3) is 0.0625. The molecular weight excluding hydrogens is 476 g/mol. The van der Waals surface area contributed by atoms with E-state index in [-0.39, 0.29) is 11.3 Å². The Bertz CT molecular complexity index is 1670. The van der Waals surface area contributed by atoms with E-state index in [9.17, 15) is 14.7 Å². The number of aliphatic hydroxyl groups is 1. The average Bonchev–Trinajstić information content (AvgIpc) is 3.48. The number of carbonyl (C=O) groups excluding carboxylic acids is 2. The van der Waals surface area contributed by atoms with Gasteiger partial charge in [0.2, 0.25) is 5.78 Å². The van der Waals surface area contributed by atoms with Gasteiger partial charge in [-0.15, -0.1) is 0 Å². The first-order valence-corrected chi connectivity index (χ1v) is 12.3. The Balaban J connectivity index is 1.40. The van der Waals surface area contributed by atoms with Gasteiger partial charge in [-0.1, -0.05) is 66.2 Å². The van der Waals surface area contributed by atoms with Crippen molar-refractivity contribution in [3.8, 4) is 0 Å². The number of furan rings is 1. The van der Waals surface area contributed by atoms with Gasteiger partial charge in [0.25, 0.3) is 5.91 Å². The van der Waals surface area contributed by atoms with Gasteiger partial charge >= 0.3 is 0 Å². The van der Waals surface area contributed by atoms with E-state index in [1.807, 2.05) is 91.9 Å². The highest BCUT2D eigenvalue weighted by Crippen LogP contribution is 2.42. The molecule has 0 aliphatic carbocycles. The van der Waals surface area contributed by atoms with Crippen molar-refractivity contribution < 1.29 is 19.1 Å². The SMILES string of the molecule is Cc1cccc(C2C(C(=O)c3cc4ccccc4o3)=C(O)C(=O)N2c2ccc(Nc3ccccc3)cc2)c1. The number of para-hydroxylation sites is 2. The molecular formula is C32H24N2O4. The zero-order chi connectivity index (χ0) is 26.2. The monoisotopic (exact) mass is 500 g/mol. The minimum absolute atomic E-state index is 0.00820. The van der Waals surface area contributed by atoms with Gasteiger partial charge in [-0.3, -0.25) is 14.5 Å². The lowest BCUT2D eigenvalue weighted by molar-refractivity contribution is -0.117. The number of benzene rings is 4. The smallest absolute Gasteiger partial charge is 0.294 e. The third-order valence-electron chi connectivity index (χ3n) is 6.67. The molecule has 6 nitrogen and oxygen atoms in total. The number of hydrogen-bond donors (Lipinski definition) is 2. The van der Waals surface area contributed by atoms with Crippen LogP contribution in [0.3, 0.4) is 0 Å². The van der Waals surface area contributed by atoms with Gasteiger partial charge in [0.1, 0.15) is 5.58 Å². The van der Waals surface area contributed by atoms with Crippen LogP contribution in [0.2, 0.25) is 0 Å². The quantitative estimate of drug-likeness (QED) is 0.240. The van der Waals surface area contributed by atoms with E-state index in [1.165, 1.54) is 4.90 Å². The minimum Gasteiger partial charge on any atom is -0.503 e. The lowest BCUT2D eigenvalue weighted by atomic mass is 9.94. The van der Waals surface area contributed by atoms with E-state index < -0.39 is 23.5 Å². The molecule has 2 heterocycles. The maximum atomic E-state index is 13.8. The highest BCUT2D eigenvalue weighted by molar-refractivity contribution is 6.20. The van der Waals surface area contributed by atoms with Gasteiger partial charge < -0.3 is 14.8 Å². The predicted molar refractivity (Wildman–Crippen MR) is 148 cm³/mol. The Morgan fingerprint density at radius 2 is 1.55 bits per heavy atom. The number of aryl methyl sites for hydroxylation is 1. The van der Waals surface area contributed by atoms with Crippen LogP contribution in [0, 0.1) is 6.92 Å². The molecule has 6 heteroatoms. The maximum absolute atomic E-state index is 13.8. The number of nitrogens with zero attached hydrogens (tertiary/aromatic N) is 1. The number of nitrogens with one attached hydrogen (secondary N) is 1. The van der Waals surface area contributed by atoms with Crippen molar-refractivity contribution in [2.75, 3.05) is 10.2 Å². The molecule has 2 N–H and O–H groups in total. The van der Waals surface area contributed by atoms with E-state index >= 15 is 0 Å². The normalized spacial score (nSPS) is 15.3. The van der Waals surface area contributed by atoms with Gasteiger partial charge in [0, 0.05) is 22.4 Å². The van der Waals surface area contributed by atoms with Crippen LogP contribution in [0.1, 0.15) is 27.7 Å². The molecule has 0 bridgehead atoms. The lowest BCUT2D eigenvalue weighted by Crippen LogP contribution is -2.31. The second-order valence-electron chi connectivity index (χ2n) is 9.27. The molecule has 0 saturated carbocycles.